The summed E-state index contributed by atoms with van der Waals surface area (Å²) in [6.45, 7) is 5.13. The predicted molar refractivity (Wildman–Crippen MR) is 82.5 cm³/mol. The largest absolute Gasteiger partial charge is 0.309 e. The fraction of sp³-hybridized carbons (Fsp3) is 0.571. The van der Waals surface area contributed by atoms with E-state index in [-0.39, 0.29) is 0 Å². The van der Waals surface area contributed by atoms with Crippen LogP contribution in [0.15, 0.2) is 12.3 Å². The maximum atomic E-state index is 4.51. The van der Waals surface area contributed by atoms with E-state index in [1.54, 1.807) is 0 Å². The van der Waals surface area contributed by atoms with Gasteiger partial charge in [0.15, 0.2) is 5.65 Å². The Balaban J connectivity index is 2.11. The quantitative estimate of drug-likeness (QED) is 0.881. The molecule has 1 unspecified atom stereocenters. The van der Waals surface area contributed by atoms with Crippen molar-refractivity contribution in [2.45, 2.75) is 32.9 Å². The molecule has 0 amide bonds. The zero-order valence-electron chi connectivity index (χ0n) is 12.1. The summed E-state index contributed by atoms with van der Waals surface area (Å²) in [5, 5.41) is 9.14. The molecule has 0 aromatic carbocycles. The summed E-state index contributed by atoms with van der Waals surface area (Å²) in [6.07, 6.45) is 5.25. The second-order valence-corrected chi connectivity index (χ2v) is 5.78. The molecule has 0 bridgehead atoms. The van der Waals surface area contributed by atoms with Crippen molar-refractivity contribution in [2.75, 3.05) is 12.0 Å². The molecule has 1 atom stereocenters. The molecule has 2 heterocycles. The zero-order valence-corrected chi connectivity index (χ0v) is 12.9. The van der Waals surface area contributed by atoms with Crippen molar-refractivity contribution >= 4 is 22.8 Å². The van der Waals surface area contributed by atoms with Crippen LogP contribution in [0, 0.1) is 6.92 Å². The minimum absolute atomic E-state index is 0.570. The van der Waals surface area contributed by atoms with Crippen molar-refractivity contribution < 1.29 is 0 Å². The van der Waals surface area contributed by atoms with Crippen molar-refractivity contribution in [3.63, 3.8) is 0 Å². The molecule has 5 heteroatoms. The standard InChI is InChI=1S/C14H22N4S/c1-5-12(9-19-4)15-7-11-6-13-10(2)17-18(3)14(13)16-8-11/h6,8,12,15H,5,7,9H2,1-4H3. The molecule has 0 saturated heterocycles. The Kier molecular flexibility index (Phi) is 4.82. The van der Waals surface area contributed by atoms with Gasteiger partial charge in [-0.05, 0) is 31.2 Å². The van der Waals surface area contributed by atoms with E-state index < -0.39 is 0 Å². The fourth-order valence-corrected chi connectivity index (χ4v) is 2.99. The molecule has 0 fully saturated rings. The molecule has 19 heavy (non-hydrogen) atoms. The first-order valence-electron chi connectivity index (χ1n) is 6.66. The zero-order chi connectivity index (χ0) is 13.8. The van der Waals surface area contributed by atoms with Crippen LogP contribution in [0.3, 0.4) is 0 Å². The summed E-state index contributed by atoms with van der Waals surface area (Å²) in [5.74, 6) is 1.15. The Morgan fingerprint density at radius 2 is 2.26 bits per heavy atom. The summed E-state index contributed by atoms with van der Waals surface area (Å²) in [4.78, 5) is 4.51. The number of hydrogen-bond donors (Lipinski definition) is 1. The van der Waals surface area contributed by atoms with Crippen LogP contribution in [0.5, 0.6) is 0 Å². The number of aryl methyl sites for hydroxylation is 2. The minimum Gasteiger partial charge on any atom is -0.309 e. The third-order valence-electron chi connectivity index (χ3n) is 3.38. The lowest BCUT2D eigenvalue weighted by Gasteiger charge is -2.15. The first-order chi connectivity index (χ1) is 9.15. The highest BCUT2D eigenvalue weighted by atomic mass is 32.2. The second kappa shape index (κ2) is 6.39. The fourth-order valence-electron chi connectivity index (χ4n) is 2.23. The highest BCUT2D eigenvalue weighted by Crippen LogP contribution is 2.16. The topological polar surface area (TPSA) is 42.7 Å². The second-order valence-electron chi connectivity index (χ2n) is 4.87. The summed E-state index contributed by atoms with van der Waals surface area (Å²) in [6, 6.07) is 2.77. The van der Waals surface area contributed by atoms with Gasteiger partial charge in [-0.15, -0.1) is 0 Å². The van der Waals surface area contributed by atoms with Gasteiger partial charge in [-0.2, -0.15) is 16.9 Å². The molecular weight excluding hydrogens is 256 g/mol. The van der Waals surface area contributed by atoms with Gasteiger partial charge in [0.1, 0.15) is 0 Å². The lowest BCUT2D eigenvalue weighted by Crippen LogP contribution is -2.30. The number of pyridine rings is 1. The van der Waals surface area contributed by atoms with Crippen LogP contribution in [-0.2, 0) is 13.6 Å². The summed E-state index contributed by atoms with van der Waals surface area (Å²) in [7, 11) is 1.94. The molecule has 0 aliphatic carbocycles. The van der Waals surface area contributed by atoms with E-state index in [1.165, 1.54) is 5.56 Å². The van der Waals surface area contributed by atoms with Crippen molar-refractivity contribution in [3.8, 4) is 0 Å². The molecule has 0 saturated carbocycles. The molecule has 0 aliphatic rings. The monoisotopic (exact) mass is 278 g/mol. The number of fused-ring (bicyclic) bond motifs is 1. The summed E-state index contributed by atoms with van der Waals surface area (Å²) in [5.41, 5.74) is 3.23. The van der Waals surface area contributed by atoms with E-state index in [4.69, 9.17) is 0 Å². The first kappa shape index (κ1) is 14.3. The third-order valence-corrected chi connectivity index (χ3v) is 4.11. The molecule has 0 spiro atoms. The van der Waals surface area contributed by atoms with Gasteiger partial charge in [0.25, 0.3) is 0 Å². The van der Waals surface area contributed by atoms with Gasteiger partial charge in [0, 0.05) is 37.0 Å². The van der Waals surface area contributed by atoms with Crippen LogP contribution < -0.4 is 5.32 Å². The molecule has 104 valence electrons. The SMILES string of the molecule is CCC(CSC)NCc1cnc2c(c1)c(C)nn2C. The van der Waals surface area contributed by atoms with Gasteiger partial charge < -0.3 is 5.32 Å². The molecule has 1 N–H and O–H groups in total. The number of thioether (sulfide) groups is 1. The molecule has 0 radical (unpaired) electrons. The molecule has 2 aromatic heterocycles. The van der Waals surface area contributed by atoms with E-state index in [0.717, 1.165) is 35.4 Å². The lowest BCUT2D eigenvalue weighted by molar-refractivity contribution is 0.541. The maximum Gasteiger partial charge on any atom is 0.157 e. The van der Waals surface area contributed by atoms with E-state index in [0.29, 0.717) is 6.04 Å². The highest BCUT2D eigenvalue weighted by molar-refractivity contribution is 7.98. The van der Waals surface area contributed by atoms with Gasteiger partial charge in [-0.3, -0.25) is 4.68 Å². The van der Waals surface area contributed by atoms with Crippen LogP contribution in [0.2, 0.25) is 0 Å². The van der Waals surface area contributed by atoms with Gasteiger partial charge in [0.05, 0.1) is 5.69 Å². The van der Waals surface area contributed by atoms with E-state index in [1.807, 2.05) is 36.6 Å². The molecule has 2 rings (SSSR count). The van der Waals surface area contributed by atoms with Crippen molar-refractivity contribution in [1.82, 2.24) is 20.1 Å². The first-order valence-corrected chi connectivity index (χ1v) is 8.05. The lowest BCUT2D eigenvalue weighted by atomic mass is 10.2. The van der Waals surface area contributed by atoms with Crippen LogP contribution in [-0.4, -0.2) is 32.8 Å². The number of rotatable bonds is 6. The van der Waals surface area contributed by atoms with Gasteiger partial charge in [-0.25, -0.2) is 4.98 Å². The highest BCUT2D eigenvalue weighted by Gasteiger charge is 2.08. The minimum atomic E-state index is 0.570. The molecule has 4 nitrogen and oxygen atoms in total. The van der Waals surface area contributed by atoms with Gasteiger partial charge in [0.2, 0.25) is 0 Å². The molecule has 2 aromatic rings. The average molecular weight is 278 g/mol. The number of nitrogens with zero attached hydrogens (tertiary/aromatic N) is 3. The number of hydrogen-bond acceptors (Lipinski definition) is 4. The predicted octanol–water partition coefficient (Wildman–Crippen LogP) is 2.51. The van der Waals surface area contributed by atoms with E-state index >= 15 is 0 Å². The smallest absolute Gasteiger partial charge is 0.157 e. The van der Waals surface area contributed by atoms with Crippen LogP contribution in [0.4, 0.5) is 0 Å². The van der Waals surface area contributed by atoms with E-state index in [2.05, 4.69) is 34.6 Å². The van der Waals surface area contributed by atoms with Crippen LogP contribution in [0.1, 0.15) is 24.6 Å². The number of nitrogens with one attached hydrogen (secondary N) is 1. The summed E-state index contributed by atoms with van der Waals surface area (Å²) >= 11 is 1.89. The van der Waals surface area contributed by atoms with Crippen LogP contribution in [0.25, 0.3) is 11.0 Å². The Morgan fingerprint density at radius 1 is 1.47 bits per heavy atom. The average Bonchev–Trinajstić information content (AvgIpc) is 2.70. The normalized spacial score (nSPS) is 13.1. The Labute approximate surface area is 119 Å². The third kappa shape index (κ3) is 3.28. The molecule has 0 aliphatic heterocycles. The Hall–Kier alpha value is -1.07. The van der Waals surface area contributed by atoms with E-state index in [9.17, 15) is 0 Å². The van der Waals surface area contributed by atoms with Gasteiger partial charge >= 0.3 is 0 Å². The van der Waals surface area contributed by atoms with Crippen LogP contribution >= 0.6 is 11.8 Å². The van der Waals surface area contributed by atoms with Crippen molar-refractivity contribution in [1.29, 1.82) is 0 Å². The van der Waals surface area contributed by atoms with Gasteiger partial charge in [-0.1, -0.05) is 6.92 Å². The maximum absolute atomic E-state index is 4.51. The summed E-state index contributed by atoms with van der Waals surface area (Å²) < 4.78 is 1.84. The van der Waals surface area contributed by atoms with Crippen molar-refractivity contribution in [2.24, 2.45) is 7.05 Å². The molecular formula is C14H22N4S. The Morgan fingerprint density at radius 3 is 2.95 bits per heavy atom. The van der Waals surface area contributed by atoms with Crippen molar-refractivity contribution in [3.05, 3.63) is 23.5 Å². The number of aromatic nitrogens is 3. The Bertz CT molecular complexity index is 550.